The van der Waals surface area contributed by atoms with Gasteiger partial charge >= 0.3 is 0 Å². The molecule has 0 radical (unpaired) electrons. The van der Waals surface area contributed by atoms with Crippen LogP contribution in [0.15, 0.2) is 53.4 Å². The number of anilines is 1. The number of nitrogens with one attached hydrogen (secondary N) is 1. The first-order chi connectivity index (χ1) is 17.1. The number of halogens is 1. The summed E-state index contributed by atoms with van der Waals surface area (Å²) < 4.78 is 43.6. The van der Waals surface area contributed by atoms with Gasteiger partial charge in [0.25, 0.3) is 5.91 Å². The second kappa shape index (κ2) is 9.38. The van der Waals surface area contributed by atoms with Crippen molar-refractivity contribution in [3.8, 4) is 5.13 Å². The minimum absolute atomic E-state index is 0.169. The zero-order valence-electron chi connectivity index (χ0n) is 20.1. The Morgan fingerprint density at radius 1 is 1.08 bits per heavy atom. The molecule has 11 heteroatoms. The van der Waals surface area contributed by atoms with Gasteiger partial charge in [0.05, 0.1) is 20.8 Å². The summed E-state index contributed by atoms with van der Waals surface area (Å²) in [7, 11) is -3.63. The fourth-order valence-corrected chi connectivity index (χ4v) is 7.26. The van der Waals surface area contributed by atoms with Crippen LogP contribution in [-0.4, -0.2) is 46.5 Å². The van der Waals surface area contributed by atoms with E-state index in [1.165, 1.54) is 56.7 Å². The van der Waals surface area contributed by atoms with Crippen molar-refractivity contribution in [1.29, 1.82) is 0 Å². The number of benzene rings is 2. The summed E-state index contributed by atoms with van der Waals surface area (Å²) in [6.07, 6.45) is 1.01. The quantitative estimate of drug-likeness (QED) is 0.400. The van der Waals surface area contributed by atoms with Gasteiger partial charge in [0.15, 0.2) is 0 Å². The van der Waals surface area contributed by atoms with Gasteiger partial charge in [-0.3, -0.25) is 4.79 Å². The maximum Gasteiger partial charge on any atom is 0.256 e. The average molecular weight is 528 g/mol. The lowest BCUT2D eigenvalue weighted by Gasteiger charge is -2.34. The van der Waals surface area contributed by atoms with E-state index in [9.17, 15) is 17.6 Å². The van der Waals surface area contributed by atoms with Crippen LogP contribution < -0.4 is 5.32 Å². The predicted molar refractivity (Wildman–Crippen MR) is 138 cm³/mol. The fraction of sp³-hybridized carbons (Fsp3) is 0.320. The van der Waals surface area contributed by atoms with Gasteiger partial charge in [-0.1, -0.05) is 25.2 Å². The molecule has 4 aromatic rings. The SMILES string of the molecule is Cc1cc(NC(=O)c2ccc(S(=O)(=O)N3CC(C)CC(C)C3)cc2)n(-c2nc3ccc(F)cc3s2)n1. The van der Waals surface area contributed by atoms with E-state index in [1.807, 2.05) is 0 Å². The molecule has 0 aliphatic carbocycles. The number of sulfonamides is 1. The van der Waals surface area contributed by atoms with Crippen molar-refractivity contribution in [3.05, 3.63) is 65.6 Å². The lowest BCUT2D eigenvalue weighted by atomic mass is 9.94. The molecule has 188 valence electrons. The molecule has 0 spiro atoms. The van der Waals surface area contributed by atoms with Crippen LogP contribution in [0, 0.1) is 24.6 Å². The van der Waals surface area contributed by atoms with Crippen molar-refractivity contribution < 1.29 is 17.6 Å². The molecule has 1 amide bonds. The molecular weight excluding hydrogens is 501 g/mol. The second-order valence-electron chi connectivity index (χ2n) is 9.44. The molecule has 2 unspecified atom stereocenters. The number of amides is 1. The van der Waals surface area contributed by atoms with Crippen molar-refractivity contribution in [2.45, 2.75) is 32.1 Å². The Kier molecular flexibility index (Phi) is 6.39. The first kappa shape index (κ1) is 24.5. The van der Waals surface area contributed by atoms with Crippen LogP contribution in [0.25, 0.3) is 15.3 Å². The summed E-state index contributed by atoms with van der Waals surface area (Å²) in [4.78, 5) is 17.7. The Morgan fingerprint density at radius 3 is 2.47 bits per heavy atom. The van der Waals surface area contributed by atoms with E-state index < -0.39 is 15.9 Å². The number of rotatable bonds is 5. The summed E-state index contributed by atoms with van der Waals surface area (Å²) in [5.74, 6) is 0.253. The molecule has 8 nitrogen and oxygen atoms in total. The number of carbonyl (C=O) groups excluding carboxylic acids is 1. The number of thiazole rings is 1. The van der Waals surface area contributed by atoms with E-state index >= 15 is 0 Å². The molecule has 3 heterocycles. The smallest absolute Gasteiger partial charge is 0.256 e. The molecule has 1 N–H and O–H groups in total. The molecule has 1 fully saturated rings. The van der Waals surface area contributed by atoms with Gasteiger partial charge in [-0.2, -0.15) is 14.1 Å². The van der Waals surface area contributed by atoms with Gasteiger partial charge in [-0.05, 0) is 67.6 Å². The van der Waals surface area contributed by atoms with E-state index in [1.54, 1.807) is 19.1 Å². The maximum atomic E-state index is 13.6. The monoisotopic (exact) mass is 527 g/mol. The Labute approximate surface area is 212 Å². The fourth-order valence-electron chi connectivity index (χ4n) is 4.63. The van der Waals surface area contributed by atoms with Gasteiger partial charge < -0.3 is 5.32 Å². The zero-order valence-corrected chi connectivity index (χ0v) is 21.7. The standard InChI is InChI=1S/C25H26FN5O3S2/c1-15-10-16(2)14-30(13-15)36(33,34)20-7-4-18(5-8-20)24(32)28-23-11-17(3)29-31(23)25-27-21-9-6-19(26)12-22(21)35-25/h4-9,11-12,15-16H,10,13-14H2,1-3H3,(H,28,32). The van der Waals surface area contributed by atoms with Gasteiger partial charge in [-0.15, -0.1) is 0 Å². The molecule has 0 saturated carbocycles. The molecule has 2 aromatic heterocycles. The van der Waals surface area contributed by atoms with Crippen LogP contribution >= 0.6 is 11.3 Å². The van der Waals surface area contributed by atoms with E-state index in [0.717, 1.165) is 6.42 Å². The largest absolute Gasteiger partial charge is 0.306 e. The molecule has 36 heavy (non-hydrogen) atoms. The molecule has 2 atom stereocenters. The van der Waals surface area contributed by atoms with Crippen LogP contribution in [0.5, 0.6) is 0 Å². The third-order valence-corrected chi connectivity index (χ3v) is 9.02. The summed E-state index contributed by atoms with van der Waals surface area (Å²) in [5, 5.41) is 7.75. The van der Waals surface area contributed by atoms with Crippen molar-refractivity contribution in [3.63, 3.8) is 0 Å². The second-order valence-corrected chi connectivity index (χ2v) is 12.4. The summed E-state index contributed by atoms with van der Waals surface area (Å²) in [5.41, 5.74) is 1.62. The highest BCUT2D eigenvalue weighted by molar-refractivity contribution is 7.89. The van der Waals surface area contributed by atoms with Gasteiger partial charge in [0.1, 0.15) is 11.6 Å². The number of aryl methyl sites for hydroxylation is 1. The highest BCUT2D eigenvalue weighted by atomic mass is 32.2. The van der Waals surface area contributed by atoms with Crippen molar-refractivity contribution >= 4 is 43.3 Å². The Bertz CT molecular complexity index is 1540. The van der Waals surface area contributed by atoms with Crippen LogP contribution in [0.4, 0.5) is 10.2 Å². The highest BCUT2D eigenvalue weighted by Crippen LogP contribution is 2.29. The normalized spacial score (nSPS) is 19.0. The summed E-state index contributed by atoms with van der Waals surface area (Å²) >= 11 is 1.26. The topological polar surface area (TPSA) is 97.2 Å². The number of aromatic nitrogens is 3. The zero-order chi connectivity index (χ0) is 25.6. The average Bonchev–Trinajstić information content (AvgIpc) is 3.40. The number of piperidine rings is 1. The summed E-state index contributed by atoms with van der Waals surface area (Å²) in [6.45, 7) is 6.91. The number of hydrogen-bond acceptors (Lipinski definition) is 6. The van der Waals surface area contributed by atoms with Crippen LogP contribution in [-0.2, 0) is 10.0 Å². The van der Waals surface area contributed by atoms with Gasteiger partial charge in [-0.25, -0.2) is 17.8 Å². The Balaban J connectivity index is 1.36. The molecular formula is C25H26FN5O3S2. The van der Waals surface area contributed by atoms with E-state index in [2.05, 4.69) is 29.2 Å². The lowest BCUT2D eigenvalue weighted by Crippen LogP contribution is -2.42. The summed E-state index contributed by atoms with van der Waals surface area (Å²) in [6, 6.07) is 12.0. The first-order valence-corrected chi connectivity index (χ1v) is 13.9. The molecule has 2 aromatic carbocycles. The van der Waals surface area contributed by atoms with Crippen molar-refractivity contribution in [2.24, 2.45) is 11.8 Å². The molecule has 0 bridgehead atoms. The minimum atomic E-state index is -3.63. The molecule has 5 rings (SSSR count). The minimum Gasteiger partial charge on any atom is -0.306 e. The first-order valence-electron chi connectivity index (χ1n) is 11.6. The third-order valence-electron chi connectivity index (χ3n) is 6.18. The van der Waals surface area contributed by atoms with E-state index in [4.69, 9.17) is 0 Å². The van der Waals surface area contributed by atoms with Crippen molar-refractivity contribution in [1.82, 2.24) is 19.1 Å². The number of nitrogens with zero attached hydrogens (tertiary/aromatic N) is 4. The van der Waals surface area contributed by atoms with Gasteiger partial charge in [0.2, 0.25) is 15.2 Å². The Hall–Kier alpha value is -3.15. The molecule has 1 aliphatic rings. The number of hydrogen-bond donors (Lipinski definition) is 1. The van der Waals surface area contributed by atoms with E-state index in [0.29, 0.717) is 57.3 Å². The molecule has 1 aliphatic heterocycles. The van der Waals surface area contributed by atoms with Gasteiger partial charge in [0, 0.05) is 24.7 Å². The lowest BCUT2D eigenvalue weighted by molar-refractivity contribution is 0.102. The number of carbonyl (C=O) groups is 1. The molecule has 1 saturated heterocycles. The maximum absolute atomic E-state index is 13.6. The highest BCUT2D eigenvalue weighted by Gasteiger charge is 2.31. The third kappa shape index (κ3) is 4.78. The Morgan fingerprint density at radius 2 is 1.78 bits per heavy atom. The number of fused-ring (bicyclic) bond motifs is 1. The van der Waals surface area contributed by atoms with Crippen molar-refractivity contribution in [2.75, 3.05) is 18.4 Å². The van der Waals surface area contributed by atoms with E-state index in [-0.39, 0.29) is 10.7 Å². The van der Waals surface area contributed by atoms with Crippen LogP contribution in [0.1, 0.15) is 36.3 Å². The van der Waals surface area contributed by atoms with Crippen LogP contribution in [0.3, 0.4) is 0 Å². The predicted octanol–water partition coefficient (Wildman–Crippen LogP) is 4.85. The van der Waals surface area contributed by atoms with Crippen LogP contribution in [0.2, 0.25) is 0 Å².